The lowest BCUT2D eigenvalue weighted by molar-refractivity contribution is 0.101. The van der Waals surface area contributed by atoms with Gasteiger partial charge in [-0.25, -0.2) is 0 Å². The summed E-state index contributed by atoms with van der Waals surface area (Å²) in [7, 11) is 1.93. The van der Waals surface area contributed by atoms with E-state index in [9.17, 15) is 15.0 Å². The molecule has 4 aromatic rings. The van der Waals surface area contributed by atoms with Gasteiger partial charge in [0, 0.05) is 47.4 Å². The minimum absolute atomic E-state index is 0.0549. The minimum Gasteiger partial charge on any atom is -0.508 e. The van der Waals surface area contributed by atoms with Crippen molar-refractivity contribution in [2.45, 2.75) is 0 Å². The van der Waals surface area contributed by atoms with Crippen LogP contribution in [0.5, 0.6) is 17.2 Å². The van der Waals surface area contributed by atoms with Crippen molar-refractivity contribution in [2.24, 2.45) is 7.05 Å². The van der Waals surface area contributed by atoms with Crippen molar-refractivity contribution in [2.75, 3.05) is 0 Å². The first kappa shape index (κ1) is 16.3. The SMILES string of the molecule is Cn1cc(C=C2Oc3cc(O)cc(O)c3C2=O)c2c(-c3ccoc3)cccc21. The van der Waals surface area contributed by atoms with Crippen molar-refractivity contribution in [1.82, 2.24) is 4.57 Å². The highest BCUT2D eigenvalue weighted by molar-refractivity contribution is 6.17. The maximum Gasteiger partial charge on any atom is 0.235 e. The Hall–Kier alpha value is -3.93. The minimum atomic E-state index is -0.426. The quantitative estimate of drug-likeness (QED) is 0.507. The number of Topliss-reactive ketones (excluding diaryl/α,β-unsaturated/α-hetero) is 1. The van der Waals surface area contributed by atoms with Crippen LogP contribution in [-0.2, 0) is 7.05 Å². The number of carbonyl (C=O) groups excluding carboxylic acids is 1. The number of fused-ring (bicyclic) bond motifs is 2. The van der Waals surface area contributed by atoms with E-state index in [-0.39, 0.29) is 28.6 Å². The molecule has 6 nitrogen and oxygen atoms in total. The molecule has 28 heavy (non-hydrogen) atoms. The number of furan rings is 1. The molecule has 1 aliphatic rings. The summed E-state index contributed by atoms with van der Waals surface area (Å²) in [6, 6.07) is 10.3. The van der Waals surface area contributed by atoms with Gasteiger partial charge in [-0.15, -0.1) is 0 Å². The van der Waals surface area contributed by atoms with Gasteiger partial charge in [-0.1, -0.05) is 12.1 Å². The lowest BCUT2D eigenvalue weighted by Gasteiger charge is -2.03. The summed E-state index contributed by atoms with van der Waals surface area (Å²) in [5, 5.41) is 20.6. The number of aromatic hydroxyl groups is 2. The second-order valence-corrected chi connectivity index (χ2v) is 6.68. The first-order valence-corrected chi connectivity index (χ1v) is 8.64. The van der Waals surface area contributed by atoms with Crippen molar-refractivity contribution < 1.29 is 24.2 Å². The molecule has 0 amide bonds. The van der Waals surface area contributed by atoms with E-state index < -0.39 is 5.78 Å². The topological polar surface area (TPSA) is 84.8 Å². The van der Waals surface area contributed by atoms with Gasteiger partial charge in [0.1, 0.15) is 22.8 Å². The summed E-state index contributed by atoms with van der Waals surface area (Å²) in [6.07, 6.45) is 6.86. The fourth-order valence-corrected chi connectivity index (χ4v) is 3.67. The average molecular weight is 373 g/mol. The summed E-state index contributed by atoms with van der Waals surface area (Å²) in [4.78, 5) is 12.7. The van der Waals surface area contributed by atoms with Crippen molar-refractivity contribution >= 4 is 22.8 Å². The third-order valence-electron chi connectivity index (χ3n) is 4.90. The van der Waals surface area contributed by atoms with Crippen LogP contribution in [0.4, 0.5) is 0 Å². The Labute approximate surface area is 159 Å². The van der Waals surface area contributed by atoms with E-state index in [1.165, 1.54) is 6.07 Å². The lowest BCUT2D eigenvalue weighted by Crippen LogP contribution is -1.98. The van der Waals surface area contributed by atoms with E-state index in [2.05, 4.69) is 0 Å². The Kier molecular flexibility index (Phi) is 3.36. The summed E-state index contributed by atoms with van der Waals surface area (Å²) >= 11 is 0. The van der Waals surface area contributed by atoms with E-state index in [0.29, 0.717) is 0 Å². The van der Waals surface area contributed by atoms with Gasteiger partial charge in [0.05, 0.1) is 12.5 Å². The number of hydrogen-bond donors (Lipinski definition) is 2. The molecule has 0 saturated carbocycles. The highest BCUT2D eigenvalue weighted by Crippen LogP contribution is 2.41. The number of phenols is 2. The number of aromatic nitrogens is 1. The summed E-state index contributed by atoms with van der Waals surface area (Å²) in [5.41, 5.74) is 3.76. The number of rotatable bonds is 2. The molecule has 2 aromatic carbocycles. The van der Waals surface area contributed by atoms with E-state index in [1.807, 2.05) is 42.1 Å². The molecule has 0 bridgehead atoms. The molecule has 3 heterocycles. The van der Waals surface area contributed by atoms with Gasteiger partial charge in [0.2, 0.25) is 5.78 Å². The number of allylic oxidation sites excluding steroid dienone is 1. The molecule has 1 aliphatic heterocycles. The highest BCUT2D eigenvalue weighted by atomic mass is 16.5. The van der Waals surface area contributed by atoms with Crippen LogP contribution in [0.15, 0.2) is 65.3 Å². The molecule has 0 spiro atoms. The second kappa shape index (κ2) is 5.79. The maximum atomic E-state index is 12.7. The van der Waals surface area contributed by atoms with Gasteiger partial charge in [0.15, 0.2) is 5.76 Å². The van der Waals surface area contributed by atoms with Crippen molar-refractivity contribution in [3.05, 3.63) is 72.0 Å². The van der Waals surface area contributed by atoms with Crippen LogP contribution in [0, 0.1) is 0 Å². The van der Waals surface area contributed by atoms with Gasteiger partial charge >= 0.3 is 0 Å². The molecular formula is C22H15NO5. The first-order chi connectivity index (χ1) is 13.5. The van der Waals surface area contributed by atoms with Crippen LogP contribution in [0.1, 0.15) is 15.9 Å². The van der Waals surface area contributed by atoms with Crippen LogP contribution in [-0.4, -0.2) is 20.6 Å². The molecule has 6 heteroatoms. The van der Waals surface area contributed by atoms with Crippen LogP contribution >= 0.6 is 0 Å². The zero-order valence-electron chi connectivity index (χ0n) is 14.8. The van der Waals surface area contributed by atoms with Crippen LogP contribution in [0.3, 0.4) is 0 Å². The fraction of sp³-hybridized carbons (Fsp3) is 0.0455. The Morgan fingerprint density at radius 3 is 2.79 bits per heavy atom. The normalized spacial score (nSPS) is 14.6. The number of hydrogen-bond acceptors (Lipinski definition) is 5. The van der Waals surface area contributed by atoms with Gasteiger partial charge < -0.3 is 23.9 Å². The Morgan fingerprint density at radius 2 is 2.00 bits per heavy atom. The van der Waals surface area contributed by atoms with E-state index in [0.717, 1.165) is 33.7 Å². The van der Waals surface area contributed by atoms with Gasteiger partial charge in [-0.3, -0.25) is 4.79 Å². The molecule has 5 rings (SSSR count). The van der Waals surface area contributed by atoms with Crippen molar-refractivity contribution in [3.63, 3.8) is 0 Å². The van der Waals surface area contributed by atoms with Gasteiger partial charge in [-0.2, -0.15) is 0 Å². The van der Waals surface area contributed by atoms with E-state index in [4.69, 9.17) is 9.15 Å². The zero-order chi connectivity index (χ0) is 19.4. The third-order valence-corrected chi connectivity index (χ3v) is 4.90. The predicted octanol–water partition coefficient (Wildman–Crippen LogP) is 4.47. The van der Waals surface area contributed by atoms with Crippen molar-refractivity contribution in [3.8, 4) is 28.4 Å². The Bertz CT molecular complexity index is 1280. The zero-order valence-corrected chi connectivity index (χ0v) is 14.8. The maximum absolute atomic E-state index is 12.7. The molecule has 0 atom stereocenters. The summed E-state index contributed by atoms with van der Waals surface area (Å²) in [5.74, 6) is -0.669. The second-order valence-electron chi connectivity index (χ2n) is 6.68. The standard InChI is InChI=1S/C22H15NO5/c1-23-10-13(20-15(3-2-4-16(20)23)12-5-6-27-11-12)7-19-22(26)21-17(25)8-14(24)9-18(21)28-19/h2-11,24-25H,1H3. The molecule has 0 unspecified atom stereocenters. The van der Waals surface area contributed by atoms with Crippen molar-refractivity contribution in [1.29, 1.82) is 0 Å². The molecule has 2 N–H and O–H groups in total. The van der Waals surface area contributed by atoms with Crippen LogP contribution in [0.2, 0.25) is 0 Å². The largest absolute Gasteiger partial charge is 0.508 e. The van der Waals surface area contributed by atoms with Gasteiger partial charge in [-0.05, 0) is 23.8 Å². The molecule has 0 radical (unpaired) electrons. The molecule has 138 valence electrons. The number of ether oxygens (including phenoxy) is 1. The van der Waals surface area contributed by atoms with E-state index in [1.54, 1.807) is 18.6 Å². The monoisotopic (exact) mass is 373 g/mol. The highest BCUT2D eigenvalue weighted by Gasteiger charge is 2.31. The van der Waals surface area contributed by atoms with Gasteiger partial charge in [0.25, 0.3) is 0 Å². The summed E-state index contributed by atoms with van der Waals surface area (Å²) < 4.78 is 12.8. The fourth-order valence-electron chi connectivity index (χ4n) is 3.67. The average Bonchev–Trinajstić information content (AvgIpc) is 3.36. The molecule has 0 aliphatic carbocycles. The number of carbonyl (C=O) groups is 1. The number of benzene rings is 2. The first-order valence-electron chi connectivity index (χ1n) is 8.64. The molecule has 0 fully saturated rings. The number of aryl methyl sites for hydroxylation is 1. The number of phenolic OH excluding ortho intramolecular Hbond substituents is 2. The number of nitrogens with zero attached hydrogens (tertiary/aromatic N) is 1. The van der Waals surface area contributed by atoms with Crippen LogP contribution in [0.25, 0.3) is 28.1 Å². The Balaban J connectivity index is 1.69. The third kappa shape index (κ3) is 2.31. The molecular weight excluding hydrogens is 358 g/mol. The predicted molar refractivity (Wildman–Crippen MR) is 103 cm³/mol. The summed E-state index contributed by atoms with van der Waals surface area (Å²) in [6.45, 7) is 0. The van der Waals surface area contributed by atoms with E-state index >= 15 is 0 Å². The molecule has 2 aromatic heterocycles. The molecule has 0 saturated heterocycles. The van der Waals surface area contributed by atoms with Crippen LogP contribution < -0.4 is 4.74 Å². The smallest absolute Gasteiger partial charge is 0.235 e. The number of ketones is 1. The Morgan fingerprint density at radius 1 is 1.14 bits per heavy atom. The lowest BCUT2D eigenvalue weighted by atomic mass is 10.0.